The van der Waals surface area contributed by atoms with Gasteiger partial charge in [0.2, 0.25) is 5.91 Å². The summed E-state index contributed by atoms with van der Waals surface area (Å²) in [5, 5.41) is 2.76. The molecule has 0 saturated carbocycles. The molecule has 1 rings (SSSR count). The van der Waals surface area contributed by atoms with Gasteiger partial charge in [-0.15, -0.1) is 11.6 Å². The minimum Gasteiger partial charge on any atom is -0.355 e. The fraction of sp³-hybridized carbons (Fsp3) is 0.417. The number of benzene rings is 1. The number of aryl methyl sites for hydroxylation is 2. The van der Waals surface area contributed by atoms with Gasteiger partial charge in [0, 0.05) is 6.54 Å². The van der Waals surface area contributed by atoms with Gasteiger partial charge < -0.3 is 5.32 Å². The number of rotatable bonds is 4. The van der Waals surface area contributed by atoms with Crippen molar-refractivity contribution < 1.29 is 4.79 Å². The molecule has 0 aromatic heterocycles. The lowest BCUT2D eigenvalue weighted by Gasteiger charge is -2.09. The summed E-state index contributed by atoms with van der Waals surface area (Å²) in [7, 11) is 0. The van der Waals surface area contributed by atoms with Crippen molar-refractivity contribution in [3.63, 3.8) is 0 Å². The summed E-state index contributed by atoms with van der Waals surface area (Å²) in [6, 6.07) is 6.23. The van der Waals surface area contributed by atoms with Crippen LogP contribution in [-0.2, 0) is 11.2 Å². The van der Waals surface area contributed by atoms with Gasteiger partial charge in [-0.05, 0) is 37.0 Å². The standard InChI is InChI=1S/C12H16ClNO/c1-9-4-3-5-10(2)11(9)6-7-14-12(15)8-13/h3-5H,6-8H2,1-2H3,(H,14,15). The summed E-state index contributed by atoms with van der Waals surface area (Å²) in [4.78, 5) is 10.9. The average molecular weight is 226 g/mol. The van der Waals surface area contributed by atoms with Gasteiger partial charge in [-0.2, -0.15) is 0 Å². The third kappa shape index (κ3) is 3.56. The number of nitrogens with one attached hydrogen (secondary N) is 1. The summed E-state index contributed by atoms with van der Waals surface area (Å²) >= 11 is 5.38. The van der Waals surface area contributed by atoms with Crippen molar-refractivity contribution in [3.8, 4) is 0 Å². The Hall–Kier alpha value is -1.02. The molecule has 15 heavy (non-hydrogen) atoms. The van der Waals surface area contributed by atoms with Gasteiger partial charge >= 0.3 is 0 Å². The maximum Gasteiger partial charge on any atom is 0.234 e. The number of alkyl halides is 1. The molecule has 1 amide bonds. The molecule has 0 aliphatic carbocycles. The largest absolute Gasteiger partial charge is 0.355 e. The molecular weight excluding hydrogens is 210 g/mol. The maximum absolute atomic E-state index is 10.9. The molecule has 82 valence electrons. The number of hydrogen-bond donors (Lipinski definition) is 1. The van der Waals surface area contributed by atoms with Crippen molar-refractivity contribution in [1.82, 2.24) is 5.32 Å². The summed E-state index contributed by atoms with van der Waals surface area (Å²) < 4.78 is 0. The fourth-order valence-corrected chi connectivity index (χ4v) is 1.71. The van der Waals surface area contributed by atoms with E-state index in [1.165, 1.54) is 16.7 Å². The van der Waals surface area contributed by atoms with Gasteiger partial charge in [0.25, 0.3) is 0 Å². The predicted octanol–water partition coefficient (Wildman–Crippen LogP) is 2.20. The van der Waals surface area contributed by atoms with Crippen LogP contribution in [0, 0.1) is 13.8 Å². The highest BCUT2D eigenvalue weighted by Crippen LogP contribution is 2.13. The molecule has 0 fully saturated rings. The second-order valence-electron chi connectivity index (χ2n) is 3.60. The first-order valence-electron chi connectivity index (χ1n) is 5.03. The van der Waals surface area contributed by atoms with Gasteiger partial charge in [-0.25, -0.2) is 0 Å². The first kappa shape index (κ1) is 12.1. The van der Waals surface area contributed by atoms with E-state index in [1.807, 2.05) is 6.07 Å². The monoisotopic (exact) mass is 225 g/mol. The third-order valence-corrected chi connectivity index (χ3v) is 2.71. The Morgan fingerprint density at radius 2 is 1.93 bits per heavy atom. The van der Waals surface area contributed by atoms with Gasteiger partial charge in [0.15, 0.2) is 0 Å². The lowest BCUT2D eigenvalue weighted by Crippen LogP contribution is -2.26. The summed E-state index contributed by atoms with van der Waals surface area (Å²) in [5.74, 6) is -0.0739. The van der Waals surface area contributed by atoms with E-state index < -0.39 is 0 Å². The quantitative estimate of drug-likeness (QED) is 0.783. The summed E-state index contributed by atoms with van der Waals surface area (Å²) in [6.07, 6.45) is 0.862. The van der Waals surface area contributed by atoms with Crippen LogP contribution in [-0.4, -0.2) is 18.3 Å². The molecular formula is C12H16ClNO. The molecule has 0 atom stereocenters. The van der Waals surface area contributed by atoms with Crippen molar-refractivity contribution in [2.75, 3.05) is 12.4 Å². The number of carbonyl (C=O) groups is 1. The lowest BCUT2D eigenvalue weighted by atomic mass is 10.0. The number of hydrogen-bond acceptors (Lipinski definition) is 1. The van der Waals surface area contributed by atoms with E-state index in [-0.39, 0.29) is 11.8 Å². The Balaban J connectivity index is 2.54. The molecule has 0 radical (unpaired) electrons. The van der Waals surface area contributed by atoms with Crippen LogP contribution >= 0.6 is 11.6 Å². The minimum atomic E-state index is -0.108. The second kappa shape index (κ2) is 5.76. The van der Waals surface area contributed by atoms with E-state index >= 15 is 0 Å². The minimum absolute atomic E-state index is 0.0345. The number of amides is 1. The average Bonchev–Trinajstić information content (AvgIpc) is 2.22. The van der Waals surface area contributed by atoms with Crippen LogP contribution in [0.3, 0.4) is 0 Å². The number of carbonyl (C=O) groups excluding carboxylic acids is 1. The highest BCUT2D eigenvalue weighted by molar-refractivity contribution is 6.27. The third-order valence-electron chi connectivity index (χ3n) is 2.46. The summed E-state index contributed by atoms with van der Waals surface area (Å²) in [6.45, 7) is 4.83. The van der Waals surface area contributed by atoms with E-state index in [9.17, 15) is 4.79 Å². The van der Waals surface area contributed by atoms with Crippen LogP contribution in [0.5, 0.6) is 0 Å². The van der Waals surface area contributed by atoms with Gasteiger partial charge in [-0.1, -0.05) is 18.2 Å². The van der Waals surface area contributed by atoms with Gasteiger partial charge in [-0.3, -0.25) is 4.79 Å². The highest BCUT2D eigenvalue weighted by Gasteiger charge is 2.02. The van der Waals surface area contributed by atoms with Crippen molar-refractivity contribution >= 4 is 17.5 Å². The van der Waals surface area contributed by atoms with Crippen molar-refractivity contribution in [1.29, 1.82) is 0 Å². The van der Waals surface area contributed by atoms with Crippen LogP contribution in [0.1, 0.15) is 16.7 Å². The molecule has 0 saturated heterocycles. The molecule has 0 unspecified atom stereocenters. The molecule has 0 spiro atoms. The Morgan fingerprint density at radius 1 is 1.33 bits per heavy atom. The molecule has 1 aromatic carbocycles. The second-order valence-corrected chi connectivity index (χ2v) is 3.87. The van der Waals surface area contributed by atoms with Gasteiger partial charge in [0.1, 0.15) is 5.88 Å². The van der Waals surface area contributed by atoms with Gasteiger partial charge in [0.05, 0.1) is 0 Å². The Labute approximate surface area is 95.6 Å². The van der Waals surface area contributed by atoms with Crippen molar-refractivity contribution in [2.24, 2.45) is 0 Å². The van der Waals surface area contributed by atoms with E-state index in [1.54, 1.807) is 0 Å². The van der Waals surface area contributed by atoms with Crippen molar-refractivity contribution in [2.45, 2.75) is 20.3 Å². The van der Waals surface area contributed by atoms with Crippen LogP contribution in [0.2, 0.25) is 0 Å². The molecule has 0 heterocycles. The topological polar surface area (TPSA) is 29.1 Å². The van der Waals surface area contributed by atoms with E-state index in [4.69, 9.17) is 11.6 Å². The predicted molar refractivity (Wildman–Crippen MR) is 63.3 cm³/mol. The van der Waals surface area contributed by atoms with Crippen LogP contribution in [0.15, 0.2) is 18.2 Å². The molecule has 1 N–H and O–H groups in total. The molecule has 2 nitrogen and oxygen atoms in total. The van der Waals surface area contributed by atoms with Crippen LogP contribution in [0.25, 0.3) is 0 Å². The van der Waals surface area contributed by atoms with E-state index in [0.29, 0.717) is 6.54 Å². The zero-order valence-corrected chi connectivity index (χ0v) is 9.90. The molecule has 0 bridgehead atoms. The smallest absolute Gasteiger partial charge is 0.234 e. The van der Waals surface area contributed by atoms with E-state index in [2.05, 4.69) is 31.3 Å². The van der Waals surface area contributed by atoms with E-state index in [0.717, 1.165) is 6.42 Å². The molecule has 1 aromatic rings. The zero-order chi connectivity index (χ0) is 11.3. The van der Waals surface area contributed by atoms with Crippen molar-refractivity contribution in [3.05, 3.63) is 34.9 Å². The molecule has 0 aliphatic rings. The van der Waals surface area contributed by atoms with Crippen LogP contribution < -0.4 is 5.32 Å². The Bertz CT molecular complexity index is 329. The lowest BCUT2D eigenvalue weighted by molar-refractivity contribution is -0.118. The summed E-state index contributed by atoms with van der Waals surface area (Å²) in [5.41, 5.74) is 3.86. The number of halogens is 1. The molecule has 0 aliphatic heterocycles. The first-order chi connectivity index (χ1) is 7.15. The first-order valence-corrected chi connectivity index (χ1v) is 5.56. The Kier molecular flexibility index (Phi) is 4.63. The normalized spacial score (nSPS) is 10.1. The SMILES string of the molecule is Cc1cccc(C)c1CCNC(=O)CCl. The molecule has 3 heteroatoms. The fourth-order valence-electron chi connectivity index (χ4n) is 1.62. The highest BCUT2D eigenvalue weighted by atomic mass is 35.5. The van der Waals surface area contributed by atoms with Crippen LogP contribution in [0.4, 0.5) is 0 Å². The zero-order valence-electron chi connectivity index (χ0n) is 9.14. The Morgan fingerprint density at radius 3 is 2.47 bits per heavy atom. The maximum atomic E-state index is 10.9.